The van der Waals surface area contributed by atoms with Crippen molar-refractivity contribution < 1.29 is 14.9 Å². The van der Waals surface area contributed by atoms with Crippen LogP contribution in [0.2, 0.25) is 0 Å². The van der Waals surface area contributed by atoms with E-state index in [2.05, 4.69) is 18.2 Å². The van der Waals surface area contributed by atoms with Crippen LogP contribution >= 0.6 is 0 Å². The molecule has 5 heteroatoms. The summed E-state index contributed by atoms with van der Waals surface area (Å²) in [5, 5.41) is 27.9. The Morgan fingerprint density at radius 2 is 1.70 bits per heavy atom. The zero-order valence-corrected chi connectivity index (χ0v) is 15.6. The van der Waals surface area contributed by atoms with Gasteiger partial charge in [-0.25, -0.2) is 0 Å². The second kappa shape index (κ2) is 10.7. The molecular formula is C22H28N2O3. The number of benzene rings is 2. The zero-order valence-electron chi connectivity index (χ0n) is 15.6. The Labute approximate surface area is 161 Å². The van der Waals surface area contributed by atoms with Gasteiger partial charge in [0, 0.05) is 0 Å². The van der Waals surface area contributed by atoms with Crippen molar-refractivity contribution in [3.8, 4) is 11.8 Å². The number of nitrogens with zero attached hydrogens (tertiary/aromatic N) is 1. The second-order valence-corrected chi connectivity index (χ2v) is 6.91. The zero-order chi connectivity index (χ0) is 19.5. The third-order valence-electron chi connectivity index (χ3n) is 4.67. The summed E-state index contributed by atoms with van der Waals surface area (Å²) in [7, 11) is 0. The first-order valence-electron chi connectivity index (χ1n) is 9.30. The molecule has 0 spiro atoms. The number of aliphatic hydroxyl groups is 2. The maximum absolute atomic E-state index is 9.38. The highest BCUT2D eigenvalue weighted by atomic mass is 16.5. The fraction of sp³-hybridized carbons (Fsp3) is 0.409. The van der Waals surface area contributed by atoms with Gasteiger partial charge in [0.1, 0.15) is 11.8 Å². The van der Waals surface area contributed by atoms with Crippen LogP contribution in [0, 0.1) is 11.3 Å². The lowest BCUT2D eigenvalue weighted by molar-refractivity contribution is 0.115. The van der Waals surface area contributed by atoms with Gasteiger partial charge in [-0.1, -0.05) is 36.4 Å². The normalized spacial score (nSPS) is 11.2. The number of ether oxygens (including phenoxy) is 1. The molecule has 0 aliphatic rings. The lowest BCUT2D eigenvalue weighted by Gasteiger charge is -2.24. The van der Waals surface area contributed by atoms with E-state index in [9.17, 15) is 15.5 Å². The minimum absolute atomic E-state index is 0.279. The molecule has 0 saturated carbocycles. The Balaban J connectivity index is 1.82. The summed E-state index contributed by atoms with van der Waals surface area (Å²) in [5.74, 6) is 0.587. The van der Waals surface area contributed by atoms with E-state index >= 15 is 0 Å². The molecule has 0 saturated heterocycles. The largest absolute Gasteiger partial charge is 0.492 e. The van der Waals surface area contributed by atoms with Crippen molar-refractivity contribution in [2.75, 3.05) is 19.8 Å². The summed E-state index contributed by atoms with van der Waals surface area (Å²) in [5.41, 5.74) is 7.63. The Morgan fingerprint density at radius 3 is 2.37 bits per heavy atom. The fourth-order valence-electron chi connectivity index (χ4n) is 2.81. The summed E-state index contributed by atoms with van der Waals surface area (Å²) in [6.07, 6.45) is 3.98. The molecule has 0 aliphatic carbocycles. The number of aryl methyl sites for hydroxylation is 2. The van der Waals surface area contributed by atoms with Crippen molar-refractivity contribution in [3.05, 3.63) is 65.2 Å². The third kappa shape index (κ3) is 6.69. The molecular weight excluding hydrogens is 340 g/mol. The van der Waals surface area contributed by atoms with E-state index < -0.39 is 5.54 Å². The van der Waals surface area contributed by atoms with Crippen LogP contribution < -0.4 is 10.5 Å². The Kier molecular flexibility index (Phi) is 8.28. The van der Waals surface area contributed by atoms with Crippen molar-refractivity contribution in [3.63, 3.8) is 0 Å². The molecule has 27 heavy (non-hydrogen) atoms. The Bertz CT molecular complexity index is 737. The minimum Gasteiger partial charge on any atom is -0.492 e. The van der Waals surface area contributed by atoms with Crippen LogP contribution in [0.4, 0.5) is 0 Å². The van der Waals surface area contributed by atoms with E-state index in [-0.39, 0.29) is 13.2 Å². The SMILES string of the molecule is N#Cc1cc(CCC(N)(CO)CO)ccc1OCCCCc1ccccc1. The van der Waals surface area contributed by atoms with Crippen molar-refractivity contribution >= 4 is 0 Å². The Hall–Kier alpha value is -2.39. The number of hydrogen-bond acceptors (Lipinski definition) is 5. The van der Waals surface area contributed by atoms with Crippen LogP contribution in [-0.2, 0) is 12.8 Å². The van der Waals surface area contributed by atoms with Gasteiger partial charge in [0.15, 0.2) is 0 Å². The number of aliphatic hydroxyl groups excluding tert-OH is 2. The molecule has 0 heterocycles. The molecule has 0 bridgehead atoms. The number of nitriles is 1. The van der Waals surface area contributed by atoms with Crippen molar-refractivity contribution in [1.29, 1.82) is 5.26 Å². The molecule has 0 aliphatic heterocycles. The molecule has 0 unspecified atom stereocenters. The molecule has 0 fully saturated rings. The van der Waals surface area contributed by atoms with Crippen LogP contribution in [-0.4, -0.2) is 35.6 Å². The highest BCUT2D eigenvalue weighted by molar-refractivity contribution is 5.45. The minimum atomic E-state index is -0.999. The van der Waals surface area contributed by atoms with Crippen LogP contribution in [0.1, 0.15) is 36.0 Å². The average molecular weight is 368 g/mol. The number of nitrogens with two attached hydrogens (primary N) is 1. The first-order valence-corrected chi connectivity index (χ1v) is 9.30. The molecule has 2 rings (SSSR count). The molecule has 0 amide bonds. The highest BCUT2D eigenvalue weighted by Gasteiger charge is 2.22. The van der Waals surface area contributed by atoms with Crippen LogP contribution in [0.15, 0.2) is 48.5 Å². The number of rotatable bonds is 11. The van der Waals surface area contributed by atoms with Crippen molar-refractivity contribution in [1.82, 2.24) is 0 Å². The number of hydrogen-bond donors (Lipinski definition) is 3. The first kappa shape index (κ1) is 20.9. The van der Waals surface area contributed by atoms with E-state index in [1.54, 1.807) is 12.1 Å². The quantitative estimate of drug-likeness (QED) is 0.529. The van der Waals surface area contributed by atoms with E-state index in [4.69, 9.17) is 10.5 Å². The summed E-state index contributed by atoms with van der Waals surface area (Å²) in [6.45, 7) is 0.0133. The van der Waals surface area contributed by atoms with E-state index in [0.29, 0.717) is 30.8 Å². The lowest BCUT2D eigenvalue weighted by Crippen LogP contribution is -2.47. The second-order valence-electron chi connectivity index (χ2n) is 6.91. The maximum Gasteiger partial charge on any atom is 0.137 e. The monoisotopic (exact) mass is 368 g/mol. The molecule has 4 N–H and O–H groups in total. The molecule has 0 atom stereocenters. The van der Waals surface area contributed by atoms with Gasteiger partial charge < -0.3 is 20.7 Å². The average Bonchev–Trinajstić information content (AvgIpc) is 2.73. The van der Waals surface area contributed by atoms with Gasteiger partial charge in [-0.3, -0.25) is 0 Å². The standard InChI is InChI=1S/C22H28N2O3/c23-15-20-14-19(11-12-22(24,16-25)17-26)9-10-21(20)27-13-5-4-8-18-6-2-1-3-7-18/h1-3,6-7,9-10,14,25-26H,4-5,8,11-13,16-17,24H2. The van der Waals surface area contributed by atoms with Gasteiger partial charge >= 0.3 is 0 Å². The highest BCUT2D eigenvalue weighted by Crippen LogP contribution is 2.22. The van der Waals surface area contributed by atoms with Gasteiger partial charge in [-0.05, 0) is 55.4 Å². The molecule has 0 aromatic heterocycles. The van der Waals surface area contributed by atoms with Crippen molar-refractivity contribution in [2.45, 2.75) is 37.6 Å². The molecule has 2 aromatic rings. The van der Waals surface area contributed by atoms with Gasteiger partial charge in [-0.2, -0.15) is 5.26 Å². The first-order chi connectivity index (χ1) is 13.1. The van der Waals surface area contributed by atoms with Gasteiger partial charge in [-0.15, -0.1) is 0 Å². The molecule has 2 aromatic carbocycles. The van der Waals surface area contributed by atoms with Gasteiger partial charge in [0.05, 0.1) is 30.9 Å². The molecule has 5 nitrogen and oxygen atoms in total. The lowest BCUT2D eigenvalue weighted by atomic mass is 9.93. The van der Waals surface area contributed by atoms with Gasteiger partial charge in [0.2, 0.25) is 0 Å². The van der Waals surface area contributed by atoms with Crippen LogP contribution in [0.25, 0.3) is 0 Å². The van der Waals surface area contributed by atoms with E-state index in [0.717, 1.165) is 24.8 Å². The predicted octanol–water partition coefficient (Wildman–Crippen LogP) is 2.57. The molecule has 144 valence electrons. The fourth-order valence-corrected chi connectivity index (χ4v) is 2.81. The smallest absolute Gasteiger partial charge is 0.137 e. The maximum atomic E-state index is 9.38. The van der Waals surface area contributed by atoms with Crippen molar-refractivity contribution in [2.24, 2.45) is 5.73 Å². The van der Waals surface area contributed by atoms with E-state index in [1.807, 2.05) is 24.3 Å². The predicted molar refractivity (Wildman–Crippen MR) is 105 cm³/mol. The summed E-state index contributed by atoms with van der Waals surface area (Å²) < 4.78 is 5.78. The Morgan fingerprint density at radius 1 is 0.963 bits per heavy atom. The third-order valence-corrected chi connectivity index (χ3v) is 4.67. The van der Waals surface area contributed by atoms with Crippen LogP contribution in [0.5, 0.6) is 5.75 Å². The van der Waals surface area contributed by atoms with E-state index in [1.165, 1.54) is 5.56 Å². The summed E-state index contributed by atoms with van der Waals surface area (Å²) in [4.78, 5) is 0. The van der Waals surface area contributed by atoms with Crippen LogP contribution in [0.3, 0.4) is 0 Å². The van der Waals surface area contributed by atoms with Gasteiger partial charge in [0.25, 0.3) is 0 Å². The summed E-state index contributed by atoms with van der Waals surface area (Å²) in [6, 6.07) is 18.0. The number of unbranched alkanes of at least 4 members (excludes halogenated alkanes) is 1. The molecule has 0 radical (unpaired) electrons. The topological polar surface area (TPSA) is 99.5 Å². The summed E-state index contributed by atoms with van der Waals surface area (Å²) >= 11 is 0.